The number of unbranched alkanes of at least 4 members (excludes halogenated alkanes) is 2. The fourth-order valence-corrected chi connectivity index (χ4v) is 6.57. The van der Waals surface area contributed by atoms with Crippen LogP contribution in [0.3, 0.4) is 0 Å². The summed E-state index contributed by atoms with van der Waals surface area (Å²) >= 11 is 0. The Morgan fingerprint density at radius 1 is 0.882 bits per heavy atom. The molecular formula is C31H42O3. The number of benzene rings is 2. The Hall–Kier alpha value is -2.29. The van der Waals surface area contributed by atoms with E-state index in [9.17, 15) is 9.90 Å². The number of aromatic carboxylic acids is 1. The summed E-state index contributed by atoms with van der Waals surface area (Å²) in [6, 6.07) is 13.8. The van der Waals surface area contributed by atoms with Crippen LogP contribution < -0.4 is 4.74 Å². The van der Waals surface area contributed by atoms with Crippen LogP contribution in [0.4, 0.5) is 0 Å². The van der Waals surface area contributed by atoms with Crippen molar-refractivity contribution in [1.82, 2.24) is 0 Å². The fraction of sp³-hybridized carbons (Fsp3) is 0.581. The molecule has 0 unspecified atom stereocenters. The van der Waals surface area contributed by atoms with Crippen molar-refractivity contribution in [1.29, 1.82) is 0 Å². The molecule has 0 saturated heterocycles. The summed E-state index contributed by atoms with van der Waals surface area (Å²) in [5, 5.41) is 9.60. The molecule has 2 aliphatic carbocycles. The van der Waals surface area contributed by atoms with Crippen LogP contribution in [0.25, 0.3) is 11.1 Å². The highest BCUT2D eigenvalue weighted by Crippen LogP contribution is 2.44. The maximum Gasteiger partial charge on any atom is 0.336 e. The first-order chi connectivity index (χ1) is 16.6. The number of carbonyl (C=O) groups is 1. The van der Waals surface area contributed by atoms with Crippen LogP contribution in [0.1, 0.15) is 106 Å². The zero-order valence-corrected chi connectivity index (χ0v) is 21.1. The van der Waals surface area contributed by atoms with E-state index in [4.69, 9.17) is 4.74 Å². The first kappa shape index (κ1) is 24.8. The van der Waals surface area contributed by atoms with Gasteiger partial charge in [-0.1, -0.05) is 69.7 Å². The minimum atomic E-state index is -0.907. The molecule has 34 heavy (non-hydrogen) atoms. The van der Waals surface area contributed by atoms with Crippen molar-refractivity contribution >= 4 is 5.97 Å². The second-order valence-electron chi connectivity index (χ2n) is 10.7. The molecule has 2 fully saturated rings. The predicted molar refractivity (Wildman–Crippen MR) is 140 cm³/mol. The van der Waals surface area contributed by atoms with Gasteiger partial charge < -0.3 is 9.84 Å². The lowest BCUT2D eigenvalue weighted by Crippen LogP contribution is -2.25. The third kappa shape index (κ3) is 6.03. The minimum Gasteiger partial charge on any atom is -0.497 e. The second kappa shape index (κ2) is 11.9. The molecule has 2 saturated carbocycles. The summed E-state index contributed by atoms with van der Waals surface area (Å²) in [4.78, 5) is 11.7. The summed E-state index contributed by atoms with van der Waals surface area (Å²) < 4.78 is 5.32. The van der Waals surface area contributed by atoms with E-state index in [1.165, 1.54) is 82.6 Å². The van der Waals surface area contributed by atoms with Gasteiger partial charge in [0.05, 0.1) is 12.7 Å². The van der Waals surface area contributed by atoms with Gasteiger partial charge in [0, 0.05) is 0 Å². The van der Waals surface area contributed by atoms with E-state index in [1.54, 1.807) is 19.2 Å². The number of rotatable bonds is 9. The van der Waals surface area contributed by atoms with Crippen LogP contribution in [-0.2, 0) is 0 Å². The molecule has 3 nitrogen and oxygen atoms in total. The molecule has 1 N–H and O–H groups in total. The van der Waals surface area contributed by atoms with Gasteiger partial charge in [0.2, 0.25) is 0 Å². The van der Waals surface area contributed by atoms with Crippen LogP contribution in [-0.4, -0.2) is 18.2 Å². The first-order valence-corrected chi connectivity index (χ1v) is 13.6. The van der Waals surface area contributed by atoms with Crippen molar-refractivity contribution in [3.8, 4) is 16.9 Å². The Kier molecular flexibility index (Phi) is 8.69. The van der Waals surface area contributed by atoms with E-state index in [-0.39, 0.29) is 0 Å². The van der Waals surface area contributed by atoms with Crippen molar-refractivity contribution in [2.75, 3.05) is 7.11 Å². The first-order valence-electron chi connectivity index (χ1n) is 13.6. The molecule has 3 heteroatoms. The molecule has 0 spiro atoms. The van der Waals surface area contributed by atoms with Crippen LogP contribution in [0.15, 0.2) is 42.5 Å². The van der Waals surface area contributed by atoms with E-state index in [0.717, 1.165) is 23.3 Å². The highest BCUT2D eigenvalue weighted by Gasteiger charge is 2.31. The highest BCUT2D eigenvalue weighted by atomic mass is 16.5. The number of carboxylic acids is 1. The van der Waals surface area contributed by atoms with Crippen molar-refractivity contribution in [2.24, 2.45) is 17.8 Å². The van der Waals surface area contributed by atoms with E-state index in [0.29, 0.717) is 22.8 Å². The third-order valence-corrected chi connectivity index (χ3v) is 8.70. The number of ether oxygens (including phenoxy) is 1. The Balaban J connectivity index is 1.32. The van der Waals surface area contributed by atoms with Gasteiger partial charge in [0.15, 0.2) is 0 Å². The quantitative estimate of drug-likeness (QED) is 0.379. The molecule has 2 aromatic carbocycles. The molecule has 0 aromatic heterocycles. The molecule has 0 aliphatic heterocycles. The molecular weight excluding hydrogens is 420 g/mol. The highest BCUT2D eigenvalue weighted by molar-refractivity contribution is 5.96. The van der Waals surface area contributed by atoms with Gasteiger partial charge in [0.25, 0.3) is 0 Å². The number of hydrogen-bond donors (Lipinski definition) is 1. The second-order valence-corrected chi connectivity index (χ2v) is 10.7. The fourth-order valence-electron chi connectivity index (χ4n) is 6.57. The normalized spacial score (nSPS) is 25.1. The molecule has 0 amide bonds. The number of methoxy groups -OCH3 is 1. The third-order valence-electron chi connectivity index (χ3n) is 8.70. The zero-order valence-electron chi connectivity index (χ0n) is 21.1. The maximum absolute atomic E-state index is 11.7. The molecule has 0 atom stereocenters. The van der Waals surface area contributed by atoms with Gasteiger partial charge in [0.1, 0.15) is 5.75 Å². The van der Waals surface area contributed by atoms with Crippen LogP contribution in [0.5, 0.6) is 5.75 Å². The predicted octanol–water partition coefficient (Wildman–Crippen LogP) is 8.72. The molecule has 0 bridgehead atoms. The van der Waals surface area contributed by atoms with Crippen LogP contribution in [0.2, 0.25) is 0 Å². The van der Waals surface area contributed by atoms with Crippen LogP contribution in [0, 0.1) is 17.8 Å². The Morgan fingerprint density at radius 2 is 1.53 bits per heavy atom. The maximum atomic E-state index is 11.7. The van der Waals surface area contributed by atoms with Gasteiger partial charge in [-0.2, -0.15) is 0 Å². The number of carboxylic acid groups (broad SMARTS) is 1. The number of hydrogen-bond acceptors (Lipinski definition) is 2. The van der Waals surface area contributed by atoms with Crippen molar-refractivity contribution in [3.05, 3.63) is 53.6 Å². The molecule has 0 heterocycles. The average molecular weight is 463 g/mol. The van der Waals surface area contributed by atoms with Crippen LogP contribution >= 0.6 is 0 Å². The van der Waals surface area contributed by atoms with Crippen molar-refractivity contribution < 1.29 is 14.6 Å². The SMILES string of the molecule is CCCCCC1CCC(C2CCC(c3ccc(-c4cc(OC)ccc4C(=O)O)cc3)CC2)CC1. The van der Waals surface area contributed by atoms with Crippen molar-refractivity contribution in [2.45, 2.75) is 89.9 Å². The van der Waals surface area contributed by atoms with Gasteiger partial charge in [-0.25, -0.2) is 4.79 Å². The van der Waals surface area contributed by atoms with Gasteiger partial charge >= 0.3 is 5.97 Å². The Morgan fingerprint density at radius 3 is 2.12 bits per heavy atom. The summed E-state index contributed by atoms with van der Waals surface area (Å²) in [6.45, 7) is 2.30. The van der Waals surface area contributed by atoms with Gasteiger partial charge in [-0.15, -0.1) is 0 Å². The minimum absolute atomic E-state index is 0.314. The van der Waals surface area contributed by atoms with E-state index in [2.05, 4.69) is 31.2 Å². The van der Waals surface area contributed by atoms with Crippen molar-refractivity contribution in [3.63, 3.8) is 0 Å². The lowest BCUT2D eigenvalue weighted by atomic mass is 9.68. The monoisotopic (exact) mass is 462 g/mol. The van der Waals surface area contributed by atoms with Gasteiger partial charge in [-0.05, 0) is 97.1 Å². The molecule has 0 radical (unpaired) electrons. The Labute approximate surface area is 205 Å². The summed E-state index contributed by atoms with van der Waals surface area (Å²) in [5.74, 6) is 3.31. The lowest BCUT2D eigenvalue weighted by Gasteiger charge is -2.38. The molecule has 2 aliphatic rings. The topological polar surface area (TPSA) is 46.5 Å². The van der Waals surface area contributed by atoms with E-state index < -0.39 is 5.97 Å². The van der Waals surface area contributed by atoms with E-state index >= 15 is 0 Å². The largest absolute Gasteiger partial charge is 0.497 e. The summed E-state index contributed by atoms with van der Waals surface area (Å²) in [5.41, 5.74) is 3.37. The zero-order chi connectivity index (χ0) is 23.9. The standard InChI is InChI=1S/C31H42O3/c1-3-4-5-6-22-7-9-23(10-8-22)24-11-13-25(14-12-24)26-15-17-27(18-16-26)30-21-28(34-2)19-20-29(30)31(32)33/h15-25H,3-14H2,1-2H3,(H,32,33). The molecule has 4 rings (SSSR count). The average Bonchev–Trinajstić information content (AvgIpc) is 2.89. The lowest BCUT2D eigenvalue weighted by molar-refractivity contribution is 0.0697. The molecule has 2 aromatic rings. The molecule has 184 valence electrons. The van der Waals surface area contributed by atoms with E-state index in [1.807, 2.05) is 6.07 Å². The summed E-state index contributed by atoms with van der Waals surface area (Å²) in [6.07, 6.45) is 16.8. The Bertz CT molecular complexity index is 916. The summed E-state index contributed by atoms with van der Waals surface area (Å²) in [7, 11) is 1.61. The smallest absolute Gasteiger partial charge is 0.336 e. The van der Waals surface area contributed by atoms with Gasteiger partial charge in [-0.3, -0.25) is 0 Å².